The van der Waals surface area contributed by atoms with Crippen molar-refractivity contribution in [2.45, 2.75) is 52.5 Å². The van der Waals surface area contributed by atoms with Crippen molar-refractivity contribution in [2.24, 2.45) is 11.3 Å². The van der Waals surface area contributed by atoms with Crippen LogP contribution in [-0.4, -0.2) is 37.1 Å². The zero-order valence-corrected chi connectivity index (χ0v) is 11.3. The minimum Gasteiger partial charge on any atom is -0.317 e. The lowest BCUT2D eigenvalue weighted by Crippen LogP contribution is -2.40. The fraction of sp³-hybridized carbons (Fsp3) is 1.00. The van der Waals surface area contributed by atoms with Gasteiger partial charge in [0.1, 0.15) is 0 Å². The molecule has 2 rings (SSSR count). The average Bonchev–Trinajstić information content (AvgIpc) is 2.99. The highest BCUT2D eigenvalue weighted by Crippen LogP contribution is 2.31. The quantitative estimate of drug-likeness (QED) is 0.789. The molecule has 16 heavy (non-hydrogen) atoms. The maximum absolute atomic E-state index is 3.46. The molecule has 1 heterocycles. The molecule has 1 saturated heterocycles. The molecular weight excluding hydrogens is 196 g/mol. The van der Waals surface area contributed by atoms with Crippen molar-refractivity contribution in [2.75, 3.05) is 26.2 Å². The van der Waals surface area contributed by atoms with Crippen LogP contribution < -0.4 is 5.32 Å². The van der Waals surface area contributed by atoms with Crippen molar-refractivity contribution in [3.05, 3.63) is 0 Å². The first-order chi connectivity index (χ1) is 7.54. The molecule has 0 unspecified atom stereocenters. The predicted molar refractivity (Wildman–Crippen MR) is 69.6 cm³/mol. The Morgan fingerprint density at radius 2 is 1.69 bits per heavy atom. The van der Waals surface area contributed by atoms with Crippen molar-refractivity contribution in [3.63, 3.8) is 0 Å². The largest absolute Gasteiger partial charge is 0.317 e. The summed E-state index contributed by atoms with van der Waals surface area (Å²) in [6, 6.07) is 0.925. The summed E-state index contributed by atoms with van der Waals surface area (Å²) in [7, 11) is 0. The zero-order valence-electron chi connectivity index (χ0n) is 11.3. The second-order valence-electron chi connectivity index (χ2n) is 6.91. The molecule has 1 aliphatic carbocycles. The van der Waals surface area contributed by atoms with Crippen LogP contribution in [0.15, 0.2) is 0 Å². The molecule has 0 radical (unpaired) electrons. The lowest BCUT2D eigenvalue weighted by molar-refractivity contribution is 0.146. The van der Waals surface area contributed by atoms with Crippen molar-refractivity contribution >= 4 is 0 Å². The first kappa shape index (κ1) is 12.4. The predicted octanol–water partition coefficient (Wildman–Crippen LogP) is 2.50. The van der Waals surface area contributed by atoms with Crippen LogP contribution in [0.2, 0.25) is 0 Å². The normalized spacial score (nSPS) is 24.0. The fourth-order valence-corrected chi connectivity index (χ4v) is 2.79. The van der Waals surface area contributed by atoms with Crippen molar-refractivity contribution in [1.82, 2.24) is 10.2 Å². The Bertz CT molecular complexity index is 209. The second-order valence-corrected chi connectivity index (χ2v) is 6.91. The molecular formula is C14H28N2. The van der Waals surface area contributed by atoms with Crippen LogP contribution in [0, 0.1) is 11.3 Å². The van der Waals surface area contributed by atoms with E-state index in [0.717, 1.165) is 12.0 Å². The lowest BCUT2D eigenvalue weighted by atomic mass is 9.93. The van der Waals surface area contributed by atoms with Gasteiger partial charge in [0.05, 0.1) is 0 Å². The van der Waals surface area contributed by atoms with Crippen LogP contribution in [0.5, 0.6) is 0 Å². The highest BCUT2D eigenvalue weighted by Gasteiger charge is 2.32. The maximum atomic E-state index is 3.46. The number of hydrogen-bond acceptors (Lipinski definition) is 2. The number of hydrogen-bond donors (Lipinski definition) is 1. The summed E-state index contributed by atoms with van der Waals surface area (Å²) in [4.78, 5) is 2.77. The van der Waals surface area contributed by atoms with Gasteiger partial charge in [-0.2, -0.15) is 0 Å². The highest BCUT2D eigenvalue weighted by atomic mass is 15.2. The van der Waals surface area contributed by atoms with Crippen LogP contribution >= 0.6 is 0 Å². The van der Waals surface area contributed by atoms with Crippen LogP contribution in [0.1, 0.15) is 46.5 Å². The second kappa shape index (κ2) is 5.05. The van der Waals surface area contributed by atoms with E-state index in [1.807, 2.05) is 0 Å². The summed E-state index contributed by atoms with van der Waals surface area (Å²) >= 11 is 0. The molecule has 0 aromatic heterocycles. The average molecular weight is 224 g/mol. The van der Waals surface area contributed by atoms with E-state index in [2.05, 4.69) is 31.0 Å². The molecule has 0 aromatic carbocycles. The van der Waals surface area contributed by atoms with E-state index in [4.69, 9.17) is 0 Å². The molecule has 1 aliphatic heterocycles. The summed E-state index contributed by atoms with van der Waals surface area (Å²) in [6.45, 7) is 12.2. The van der Waals surface area contributed by atoms with E-state index in [9.17, 15) is 0 Å². The highest BCUT2D eigenvalue weighted by molar-refractivity contribution is 4.88. The molecule has 0 bridgehead atoms. The first-order valence-corrected chi connectivity index (χ1v) is 6.99. The van der Waals surface area contributed by atoms with Crippen LogP contribution in [-0.2, 0) is 0 Å². The van der Waals surface area contributed by atoms with Crippen LogP contribution in [0.3, 0.4) is 0 Å². The van der Waals surface area contributed by atoms with Gasteiger partial charge in [0.2, 0.25) is 0 Å². The monoisotopic (exact) mass is 224 g/mol. The molecule has 2 aliphatic rings. The van der Waals surface area contributed by atoms with Gasteiger partial charge in [-0.15, -0.1) is 0 Å². The van der Waals surface area contributed by atoms with Gasteiger partial charge < -0.3 is 5.32 Å². The molecule has 2 fully saturated rings. The fourth-order valence-electron chi connectivity index (χ4n) is 2.79. The van der Waals surface area contributed by atoms with Gasteiger partial charge >= 0.3 is 0 Å². The lowest BCUT2D eigenvalue weighted by Gasteiger charge is -2.34. The van der Waals surface area contributed by atoms with E-state index in [-0.39, 0.29) is 0 Å². The third-order valence-corrected chi connectivity index (χ3v) is 3.69. The Balaban J connectivity index is 1.82. The third-order valence-electron chi connectivity index (χ3n) is 3.69. The zero-order chi connectivity index (χ0) is 11.6. The summed E-state index contributed by atoms with van der Waals surface area (Å²) in [5.74, 6) is 0.948. The molecule has 0 amide bonds. The van der Waals surface area contributed by atoms with Gasteiger partial charge in [-0.3, -0.25) is 4.90 Å². The van der Waals surface area contributed by atoms with Gasteiger partial charge in [0.25, 0.3) is 0 Å². The molecule has 1 saturated carbocycles. The smallest absolute Gasteiger partial charge is 0.00967 e. The van der Waals surface area contributed by atoms with Gasteiger partial charge in [-0.1, -0.05) is 20.8 Å². The Morgan fingerprint density at radius 3 is 2.19 bits per heavy atom. The maximum Gasteiger partial charge on any atom is 0.00967 e. The minimum atomic E-state index is 0.454. The Hall–Kier alpha value is -0.0800. The SMILES string of the molecule is CC(C)(C)CN(CC1CCNCC1)C1CC1. The van der Waals surface area contributed by atoms with Gasteiger partial charge in [0, 0.05) is 19.1 Å². The molecule has 94 valence electrons. The summed E-state index contributed by atoms with van der Waals surface area (Å²) in [5, 5.41) is 3.46. The number of piperidine rings is 1. The Kier molecular flexibility index (Phi) is 3.91. The van der Waals surface area contributed by atoms with E-state index in [1.165, 1.54) is 51.9 Å². The summed E-state index contributed by atoms with van der Waals surface area (Å²) in [6.07, 6.45) is 5.66. The van der Waals surface area contributed by atoms with Crippen molar-refractivity contribution in [1.29, 1.82) is 0 Å². The van der Waals surface area contributed by atoms with Crippen LogP contribution in [0.25, 0.3) is 0 Å². The van der Waals surface area contributed by atoms with E-state index < -0.39 is 0 Å². The van der Waals surface area contributed by atoms with E-state index in [0.29, 0.717) is 5.41 Å². The molecule has 1 N–H and O–H groups in total. The summed E-state index contributed by atoms with van der Waals surface area (Å²) < 4.78 is 0. The Morgan fingerprint density at radius 1 is 1.06 bits per heavy atom. The molecule has 0 atom stereocenters. The molecule has 0 spiro atoms. The molecule has 0 aromatic rings. The molecule has 2 heteroatoms. The van der Waals surface area contributed by atoms with Gasteiger partial charge in [-0.05, 0) is 50.1 Å². The standard InChI is InChI=1S/C14H28N2/c1-14(2,3)11-16(13-4-5-13)10-12-6-8-15-9-7-12/h12-13,15H,4-11H2,1-3H3. The van der Waals surface area contributed by atoms with Crippen molar-refractivity contribution < 1.29 is 0 Å². The topological polar surface area (TPSA) is 15.3 Å². The third kappa shape index (κ3) is 4.06. The number of nitrogens with one attached hydrogen (secondary N) is 1. The molecule has 2 nitrogen and oxygen atoms in total. The number of rotatable bonds is 4. The minimum absolute atomic E-state index is 0.454. The van der Waals surface area contributed by atoms with Gasteiger partial charge in [0.15, 0.2) is 0 Å². The van der Waals surface area contributed by atoms with Gasteiger partial charge in [-0.25, -0.2) is 0 Å². The number of nitrogens with zero attached hydrogens (tertiary/aromatic N) is 1. The van der Waals surface area contributed by atoms with Crippen LogP contribution in [0.4, 0.5) is 0 Å². The van der Waals surface area contributed by atoms with Crippen molar-refractivity contribution in [3.8, 4) is 0 Å². The summed E-state index contributed by atoms with van der Waals surface area (Å²) in [5.41, 5.74) is 0.454. The van der Waals surface area contributed by atoms with E-state index in [1.54, 1.807) is 0 Å². The first-order valence-electron chi connectivity index (χ1n) is 6.99. The van der Waals surface area contributed by atoms with E-state index >= 15 is 0 Å². The Labute approximate surface area is 101 Å².